The summed E-state index contributed by atoms with van der Waals surface area (Å²) in [6.45, 7) is 0.983. The summed E-state index contributed by atoms with van der Waals surface area (Å²) < 4.78 is 1.92. The van der Waals surface area contributed by atoms with Crippen molar-refractivity contribution in [1.29, 1.82) is 5.26 Å². The molecule has 1 aliphatic rings. The van der Waals surface area contributed by atoms with E-state index in [2.05, 4.69) is 11.2 Å². The molecule has 1 aromatic heterocycles. The van der Waals surface area contributed by atoms with Crippen molar-refractivity contribution in [1.82, 2.24) is 9.78 Å². The first-order chi connectivity index (χ1) is 4.92. The highest BCUT2D eigenvalue weighted by Crippen LogP contribution is 2.16. The van der Waals surface area contributed by atoms with Gasteiger partial charge in [0.05, 0.1) is 17.5 Å². The first-order valence-electron chi connectivity index (χ1n) is 3.36. The van der Waals surface area contributed by atoms with Crippen LogP contribution in [-0.2, 0) is 13.0 Å². The highest BCUT2D eigenvalue weighted by Gasteiger charge is 2.14. The zero-order valence-electron chi connectivity index (χ0n) is 5.54. The van der Waals surface area contributed by atoms with Gasteiger partial charge in [0.15, 0.2) is 0 Å². The van der Waals surface area contributed by atoms with Gasteiger partial charge in [0.1, 0.15) is 6.07 Å². The minimum Gasteiger partial charge on any atom is -0.268 e. The van der Waals surface area contributed by atoms with E-state index >= 15 is 0 Å². The van der Waals surface area contributed by atoms with Crippen molar-refractivity contribution in [3.05, 3.63) is 17.5 Å². The Labute approximate surface area is 58.9 Å². The van der Waals surface area contributed by atoms with Crippen LogP contribution in [0.4, 0.5) is 0 Å². The van der Waals surface area contributed by atoms with Crippen LogP contribution in [-0.4, -0.2) is 9.78 Å². The molecule has 1 aromatic rings. The molecule has 50 valence electrons. The van der Waals surface area contributed by atoms with Crippen LogP contribution in [0.1, 0.15) is 17.7 Å². The second-order valence-electron chi connectivity index (χ2n) is 2.44. The van der Waals surface area contributed by atoms with Gasteiger partial charge < -0.3 is 0 Å². The van der Waals surface area contributed by atoms with Crippen LogP contribution < -0.4 is 0 Å². The van der Waals surface area contributed by atoms with Gasteiger partial charge >= 0.3 is 0 Å². The van der Waals surface area contributed by atoms with Gasteiger partial charge in [-0.25, -0.2) is 0 Å². The number of hydrogen-bond donors (Lipinski definition) is 0. The van der Waals surface area contributed by atoms with Crippen LogP contribution in [0.2, 0.25) is 0 Å². The predicted octanol–water partition coefficient (Wildman–Crippen LogP) is 0.701. The van der Waals surface area contributed by atoms with Gasteiger partial charge in [-0.05, 0) is 12.8 Å². The third-order valence-electron chi connectivity index (χ3n) is 1.85. The van der Waals surface area contributed by atoms with E-state index in [0.29, 0.717) is 0 Å². The Hall–Kier alpha value is -1.30. The molecule has 2 rings (SSSR count). The molecule has 0 bridgehead atoms. The lowest BCUT2D eigenvalue weighted by molar-refractivity contribution is 0.656. The molecule has 0 spiro atoms. The first kappa shape index (κ1) is 5.48. The third-order valence-corrected chi connectivity index (χ3v) is 1.85. The topological polar surface area (TPSA) is 41.6 Å². The van der Waals surface area contributed by atoms with Crippen molar-refractivity contribution in [2.24, 2.45) is 0 Å². The molecular weight excluding hydrogens is 126 g/mol. The smallest absolute Gasteiger partial charge is 0.103 e. The SMILES string of the molecule is N#Cc1cnn2c1CCC2. The number of nitriles is 1. The maximum absolute atomic E-state index is 8.59. The van der Waals surface area contributed by atoms with Gasteiger partial charge in [-0.15, -0.1) is 0 Å². The molecular formula is C7H7N3. The molecule has 0 unspecified atom stereocenters. The average molecular weight is 133 g/mol. The van der Waals surface area contributed by atoms with Gasteiger partial charge in [-0.3, -0.25) is 4.68 Å². The molecule has 10 heavy (non-hydrogen) atoms. The summed E-state index contributed by atoms with van der Waals surface area (Å²) >= 11 is 0. The Kier molecular flexibility index (Phi) is 1.01. The van der Waals surface area contributed by atoms with Crippen molar-refractivity contribution in [3.63, 3.8) is 0 Å². The van der Waals surface area contributed by atoms with Gasteiger partial charge in [-0.2, -0.15) is 10.4 Å². The second kappa shape index (κ2) is 1.84. The van der Waals surface area contributed by atoms with Crippen LogP contribution in [0.5, 0.6) is 0 Å². The van der Waals surface area contributed by atoms with E-state index in [0.717, 1.165) is 30.6 Å². The molecule has 3 nitrogen and oxygen atoms in total. The van der Waals surface area contributed by atoms with E-state index in [1.165, 1.54) is 0 Å². The van der Waals surface area contributed by atoms with Crippen LogP contribution in [0.15, 0.2) is 6.20 Å². The summed E-state index contributed by atoms with van der Waals surface area (Å²) in [4.78, 5) is 0. The van der Waals surface area contributed by atoms with Crippen LogP contribution in [0.3, 0.4) is 0 Å². The Morgan fingerprint density at radius 2 is 2.60 bits per heavy atom. The molecule has 0 fully saturated rings. The van der Waals surface area contributed by atoms with E-state index < -0.39 is 0 Å². The number of hydrogen-bond acceptors (Lipinski definition) is 2. The fourth-order valence-electron chi connectivity index (χ4n) is 1.36. The summed E-state index contributed by atoms with van der Waals surface area (Å²) in [5.74, 6) is 0. The Morgan fingerprint density at radius 1 is 1.70 bits per heavy atom. The highest BCUT2D eigenvalue weighted by molar-refractivity contribution is 5.32. The summed E-state index contributed by atoms with van der Waals surface area (Å²) in [5, 5.41) is 12.6. The Bertz CT molecular complexity index is 292. The predicted molar refractivity (Wildman–Crippen MR) is 35.3 cm³/mol. The molecule has 0 radical (unpaired) electrons. The number of aromatic nitrogens is 2. The summed E-state index contributed by atoms with van der Waals surface area (Å²) in [5.41, 5.74) is 1.86. The van der Waals surface area contributed by atoms with Gasteiger partial charge in [0, 0.05) is 6.54 Å². The highest BCUT2D eigenvalue weighted by atomic mass is 15.3. The fourth-order valence-corrected chi connectivity index (χ4v) is 1.36. The van der Waals surface area contributed by atoms with Crippen LogP contribution in [0, 0.1) is 11.3 Å². The lowest BCUT2D eigenvalue weighted by Crippen LogP contribution is -1.93. The number of fused-ring (bicyclic) bond motifs is 1. The fraction of sp³-hybridized carbons (Fsp3) is 0.429. The van der Waals surface area contributed by atoms with Crippen molar-refractivity contribution >= 4 is 0 Å². The van der Waals surface area contributed by atoms with E-state index in [1.807, 2.05) is 4.68 Å². The summed E-state index contributed by atoms with van der Waals surface area (Å²) in [7, 11) is 0. The number of aryl methyl sites for hydroxylation is 1. The second-order valence-corrected chi connectivity index (χ2v) is 2.44. The number of rotatable bonds is 0. The Balaban J connectivity index is 2.57. The molecule has 2 heterocycles. The van der Waals surface area contributed by atoms with E-state index in [-0.39, 0.29) is 0 Å². The van der Waals surface area contributed by atoms with Crippen molar-refractivity contribution in [3.8, 4) is 6.07 Å². The first-order valence-corrected chi connectivity index (χ1v) is 3.36. The lowest BCUT2D eigenvalue weighted by Gasteiger charge is -1.89. The molecule has 0 saturated heterocycles. The van der Waals surface area contributed by atoms with Crippen LogP contribution in [0.25, 0.3) is 0 Å². The standard InChI is InChI=1S/C7H7N3/c8-4-6-5-9-10-3-1-2-7(6)10/h5H,1-3H2. The molecule has 0 atom stereocenters. The zero-order chi connectivity index (χ0) is 6.97. The normalized spacial score (nSPS) is 14.7. The molecule has 3 heteroatoms. The van der Waals surface area contributed by atoms with E-state index in [1.54, 1.807) is 6.20 Å². The quantitative estimate of drug-likeness (QED) is 0.522. The molecule has 0 amide bonds. The lowest BCUT2D eigenvalue weighted by atomic mass is 10.2. The minimum absolute atomic E-state index is 0.748. The van der Waals surface area contributed by atoms with Gasteiger partial charge in [0.25, 0.3) is 0 Å². The average Bonchev–Trinajstić information content (AvgIpc) is 2.44. The molecule has 0 aromatic carbocycles. The van der Waals surface area contributed by atoms with Crippen molar-refractivity contribution in [2.45, 2.75) is 19.4 Å². The number of nitrogens with zero attached hydrogens (tertiary/aromatic N) is 3. The largest absolute Gasteiger partial charge is 0.268 e. The summed E-state index contributed by atoms with van der Waals surface area (Å²) in [6, 6.07) is 2.12. The van der Waals surface area contributed by atoms with Gasteiger partial charge in [-0.1, -0.05) is 0 Å². The molecule has 1 aliphatic heterocycles. The van der Waals surface area contributed by atoms with E-state index in [4.69, 9.17) is 5.26 Å². The molecule has 0 aliphatic carbocycles. The minimum atomic E-state index is 0.748. The van der Waals surface area contributed by atoms with Crippen molar-refractivity contribution in [2.75, 3.05) is 0 Å². The molecule has 0 N–H and O–H groups in total. The maximum atomic E-state index is 8.59. The zero-order valence-corrected chi connectivity index (χ0v) is 5.54. The van der Waals surface area contributed by atoms with Gasteiger partial charge in [0.2, 0.25) is 0 Å². The van der Waals surface area contributed by atoms with Crippen molar-refractivity contribution < 1.29 is 0 Å². The molecule has 0 saturated carbocycles. The van der Waals surface area contributed by atoms with E-state index in [9.17, 15) is 0 Å². The third kappa shape index (κ3) is 0.561. The summed E-state index contributed by atoms with van der Waals surface area (Å²) in [6.07, 6.45) is 3.80. The monoisotopic (exact) mass is 133 g/mol. The Morgan fingerprint density at radius 3 is 3.40 bits per heavy atom. The maximum Gasteiger partial charge on any atom is 0.103 e. The van der Waals surface area contributed by atoms with Crippen LogP contribution >= 0.6 is 0 Å².